The van der Waals surface area contributed by atoms with E-state index in [4.69, 9.17) is 16.3 Å². The van der Waals surface area contributed by atoms with Crippen molar-refractivity contribution < 1.29 is 4.74 Å². The maximum Gasteiger partial charge on any atom is 0.271 e. The molecule has 2 fully saturated rings. The average Bonchev–Trinajstić information content (AvgIpc) is 3.34. The number of ether oxygens (including phenoxy) is 1. The summed E-state index contributed by atoms with van der Waals surface area (Å²) in [4.78, 5) is 21.3. The standard InChI is InChI=1S/C27H26ClN3O2S/c1-30-20-9-10-21(30)13-23(12-20)33-22-4-2-3-17(11-22)15-31-16-29-24-14-25(34-26(24)27(31)32)18-5-7-19(28)8-6-18/h2-8,11,14,16,20-21,23H,9-10,12-13,15H2,1H3/t20-,21+,23+. The van der Waals surface area contributed by atoms with Crippen molar-refractivity contribution in [1.82, 2.24) is 14.5 Å². The SMILES string of the molecule is CN1[C@@H]2CC[C@H]1C[C@@H](Oc1cccc(Cn3cnc4cc(-c5ccc(Cl)cc5)sc4c3=O)c1)C2. The van der Waals surface area contributed by atoms with Gasteiger partial charge in [0.2, 0.25) is 0 Å². The third kappa shape index (κ3) is 4.15. The Morgan fingerprint density at radius 2 is 1.85 bits per heavy atom. The minimum absolute atomic E-state index is 0.0200. The number of benzene rings is 2. The first-order chi connectivity index (χ1) is 16.5. The smallest absolute Gasteiger partial charge is 0.271 e. The zero-order valence-electron chi connectivity index (χ0n) is 19.0. The van der Waals surface area contributed by atoms with E-state index >= 15 is 0 Å². The normalized spacial score (nSPS) is 22.4. The molecule has 174 valence electrons. The fraction of sp³-hybridized carbons (Fsp3) is 0.333. The topological polar surface area (TPSA) is 47.4 Å². The Morgan fingerprint density at radius 3 is 2.62 bits per heavy atom. The van der Waals surface area contributed by atoms with Gasteiger partial charge in [0.15, 0.2) is 0 Å². The second-order valence-corrected chi connectivity index (χ2v) is 10.9. The predicted molar refractivity (Wildman–Crippen MR) is 138 cm³/mol. The molecule has 0 N–H and O–H groups in total. The number of fused-ring (bicyclic) bond motifs is 3. The van der Waals surface area contributed by atoms with Crippen LogP contribution >= 0.6 is 22.9 Å². The van der Waals surface area contributed by atoms with Crippen molar-refractivity contribution in [3.63, 3.8) is 0 Å². The van der Waals surface area contributed by atoms with Crippen molar-refractivity contribution >= 4 is 33.2 Å². The summed E-state index contributed by atoms with van der Waals surface area (Å²) in [6, 6.07) is 19.0. The minimum Gasteiger partial charge on any atom is -0.490 e. The van der Waals surface area contributed by atoms with Gasteiger partial charge in [0.05, 0.1) is 18.4 Å². The fourth-order valence-corrected chi connectivity index (χ4v) is 6.57. The first-order valence-electron chi connectivity index (χ1n) is 11.8. The first kappa shape index (κ1) is 21.8. The summed E-state index contributed by atoms with van der Waals surface area (Å²) in [5.41, 5.74) is 2.77. The molecule has 34 heavy (non-hydrogen) atoms. The Kier molecular flexibility index (Phi) is 5.68. The highest BCUT2D eigenvalue weighted by molar-refractivity contribution is 7.22. The van der Waals surface area contributed by atoms with E-state index in [1.54, 1.807) is 10.9 Å². The second kappa shape index (κ2) is 8.84. The fourth-order valence-electron chi connectivity index (χ4n) is 5.38. The van der Waals surface area contributed by atoms with Crippen molar-refractivity contribution in [2.24, 2.45) is 0 Å². The minimum atomic E-state index is -0.0200. The van der Waals surface area contributed by atoms with Gasteiger partial charge >= 0.3 is 0 Å². The maximum atomic E-state index is 13.2. The number of hydrogen-bond acceptors (Lipinski definition) is 5. The maximum absolute atomic E-state index is 13.2. The first-order valence-corrected chi connectivity index (χ1v) is 13.0. The molecule has 2 aromatic heterocycles. The lowest BCUT2D eigenvalue weighted by atomic mass is 10.0. The van der Waals surface area contributed by atoms with Crippen molar-refractivity contribution in [2.45, 2.75) is 50.4 Å². The van der Waals surface area contributed by atoms with E-state index in [0.717, 1.165) is 40.1 Å². The number of thiophene rings is 1. The van der Waals surface area contributed by atoms with Crippen LogP contribution < -0.4 is 10.3 Å². The van der Waals surface area contributed by atoms with Crippen LogP contribution in [0.5, 0.6) is 5.75 Å². The number of hydrogen-bond donors (Lipinski definition) is 0. The van der Waals surface area contributed by atoms with Crippen LogP contribution in [0.4, 0.5) is 0 Å². The zero-order valence-corrected chi connectivity index (χ0v) is 20.6. The summed E-state index contributed by atoms with van der Waals surface area (Å²) < 4.78 is 8.74. The molecule has 0 unspecified atom stereocenters. The van der Waals surface area contributed by atoms with Gasteiger partial charge in [0, 0.05) is 22.0 Å². The molecule has 0 aliphatic carbocycles. The molecule has 0 spiro atoms. The van der Waals surface area contributed by atoms with Crippen molar-refractivity contribution in [3.8, 4) is 16.2 Å². The monoisotopic (exact) mass is 491 g/mol. The number of aromatic nitrogens is 2. The van der Waals surface area contributed by atoms with Crippen LogP contribution in [0.15, 0.2) is 65.7 Å². The molecular formula is C27H26ClN3O2S. The van der Waals surface area contributed by atoms with E-state index in [9.17, 15) is 4.79 Å². The van der Waals surface area contributed by atoms with E-state index < -0.39 is 0 Å². The molecule has 0 saturated carbocycles. The second-order valence-electron chi connectivity index (χ2n) is 9.42. The van der Waals surface area contributed by atoms with Gasteiger partial charge in [-0.3, -0.25) is 9.36 Å². The Hall–Kier alpha value is -2.67. The average molecular weight is 492 g/mol. The van der Waals surface area contributed by atoms with Gasteiger partial charge in [-0.15, -0.1) is 11.3 Å². The van der Waals surface area contributed by atoms with E-state index in [1.165, 1.54) is 24.2 Å². The van der Waals surface area contributed by atoms with Crippen LogP contribution in [0, 0.1) is 0 Å². The van der Waals surface area contributed by atoms with Gasteiger partial charge in [0.25, 0.3) is 5.56 Å². The lowest BCUT2D eigenvalue weighted by Gasteiger charge is -2.36. The summed E-state index contributed by atoms with van der Waals surface area (Å²) in [5.74, 6) is 0.884. The molecule has 2 aliphatic rings. The van der Waals surface area contributed by atoms with Crippen LogP contribution in [0.25, 0.3) is 20.7 Å². The van der Waals surface area contributed by atoms with Gasteiger partial charge in [-0.25, -0.2) is 4.98 Å². The van der Waals surface area contributed by atoms with Crippen molar-refractivity contribution in [1.29, 1.82) is 0 Å². The summed E-state index contributed by atoms with van der Waals surface area (Å²) >= 11 is 7.49. The molecule has 0 amide bonds. The molecule has 2 bridgehead atoms. The predicted octanol–water partition coefficient (Wildman–Crippen LogP) is 5.83. The molecular weight excluding hydrogens is 466 g/mol. The van der Waals surface area contributed by atoms with Gasteiger partial charge in [-0.2, -0.15) is 0 Å². The lowest BCUT2D eigenvalue weighted by Crippen LogP contribution is -2.43. The van der Waals surface area contributed by atoms with E-state index in [1.807, 2.05) is 48.5 Å². The van der Waals surface area contributed by atoms with Crippen LogP contribution in [0.1, 0.15) is 31.2 Å². The summed E-state index contributed by atoms with van der Waals surface area (Å²) in [6.45, 7) is 0.464. The lowest BCUT2D eigenvalue weighted by molar-refractivity contribution is 0.0661. The van der Waals surface area contributed by atoms with Crippen LogP contribution in [0.2, 0.25) is 5.02 Å². The molecule has 4 aromatic rings. The molecule has 6 rings (SSSR count). The molecule has 2 aromatic carbocycles. The summed E-state index contributed by atoms with van der Waals surface area (Å²) in [5, 5.41) is 0.694. The van der Waals surface area contributed by atoms with E-state index in [0.29, 0.717) is 28.4 Å². The summed E-state index contributed by atoms with van der Waals surface area (Å²) in [7, 11) is 2.24. The highest BCUT2D eigenvalue weighted by Crippen LogP contribution is 2.36. The molecule has 3 atom stereocenters. The van der Waals surface area contributed by atoms with E-state index in [2.05, 4.69) is 23.0 Å². The Morgan fingerprint density at radius 1 is 1.09 bits per heavy atom. The highest BCUT2D eigenvalue weighted by Gasteiger charge is 2.39. The summed E-state index contributed by atoms with van der Waals surface area (Å²) in [6.07, 6.45) is 6.65. The van der Waals surface area contributed by atoms with E-state index in [-0.39, 0.29) is 11.7 Å². The number of nitrogens with zero attached hydrogens (tertiary/aromatic N) is 3. The Labute approximate surface area is 207 Å². The largest absolute Gasteiger partial charge is 0.490 e. The number of piperidine rings is 1. The van der Waals surface area contributed by atoms with Crippen molar-refractivity contribution in [3.05, 3.63) is 81.9 Å². The molecule has 7 heteroatoms. The molecule has 4 heterocycles. The Balaban J connectivity index is 1.21. The van der Waals surface area contributed by atoms with Gasteiger partial charge in [-0.1, -0.05) is 35.9 Å². The van der Waals surface area contributed by atoms with Crippen LogP contribution in [-0.2, 0) is 6.54 Å². The van der Waals surface area contributed by atoms with Crippen LogP contribution in [-0.4, -0.2) is 39.7 Å². The third-order valence-electron chi connectivity index (χ3n) is 7.24. The molecule has 2 aliphatic heterocycles. The highest BCUT2D eigenvalue weighted by atomic mass is 35.5. The van der Waals surface area contributed by atoms with Gasteiger partial charge < -0.3 is 9.64 Å². The van der Waals surface area contributed by atoms with Crippen LogP contribution in [0.3, 0.4) is 0 Å². The zero-order chi connectivity index (χ0) is 23.2. The Bertz CT molecular complexity index is 1380. The molecule has 0 radical (unpaired) electrons. The quantitative estimate of drug-likeness (QED) is 0.352. The molecule has 5 nitrogen and oxygen atoms in total. The third-order valence-corrected chi connectivity index (χ3v) is 8.65. The van der Waals surface area contributed by atoms with Gasteiger partial charge in [0.1, 0.15) is 16.6 Å². The number of rotatable bonds is 5. The van der Waals surface area contributed by atoms with Gasteiger partial charge in [-0.05, 0) is 74.2 Å². The molecule has 2 saturated heterocycles. The van der Waals surface area contributed by atoms with Crippen molar-refractivity contribution in [2.75, 3.05) is 7.05 Å². The number of halogens is 1.